The van der Waals surface area contributed by atoms with E-state index in [1.807, 2.05) is 31.3 Å². The van der Waals surface area contributed by atoms with Crippen LogP contribution in [-0.2, 0) is 0 Å². The summed E-state index contributed by atoms with van der Waals surface area (Å²) >= 11 is 5.81. The number of hydrogen-bond acceptors (Lipinski definition) is 1. The molecule has 76 valence electrons. The topological polar surface area (TPSA) is 12.0 Å². The van der Waals surface area contributed by atoms with Gasteiger partial charge in [-0.1, -0.05) is 42.3 Å². The molecule has 2 heteroatoms. The summed E-state index contributed by atoms with van der Waals surface area (Å²) < 4.78 is 0. The van der Waals surface area contributed by atoms with Crippen LogP contribution in [0.1, 0.15) is 18.9 Å². The van der Waals surface area contributed by atoms with Crippen LogP contribution < -0.4 is 5.32 Å². The maximum atomic E-state index is 5.81. The SMILES string of the molecule is CCC(=Cc1ccc(Cl)cc1)CNC. The maximum Gasteiger partial charge on any atom is 0.0406 e. The zero-order valence-electron chi connectivity index (χ0n) is 8.68. The molecule has 1 rings (SSSR count). The molecule has 1 nitrogen and oxygen atoms in total. The molecule has 0 atom stereocenters. The number of halogens is 1. The van der Waals surface area contributed by atoms with E-state index in [4.69, 9.17) is 11.6 Å². The molecule has 0 unspecified atom stereocenters. The number of hydrogen-bond donors (Lipinski definition) is 1. The summed E-state index contributed by atoms with van der Waals surface area (Å²) in [6.07, 6.45) is 3.27. The van der Waals surface area contributed by atoms with Gasteiger partial charge in [0.15, 0.2) is 0 Å². The molecular weight excluding hydrogens is 194 g/mol. The Kier molecular flexibility index (Phi) is 4.71. The second-order valence-corrected chi connectivity index (χ2v) is 3.67. The Morgan fingerprint density at radius 3 is 2.50 bits per heavy atom. The summed E-state index contributed by atoms with van der Waals surface area (Å²) in [5, 5.41) is 3.94. The lowest BCUT2D eigenvalue weighted by atomic mass is 10.1. The van der Waals surface area contributed by atoms with Crippen molar-refractivity contribution in [3.8, 4) is 0 Å². The molecule has 0 amide bonds. The van der Waals surface area contributed by atoms with Crippen LogP contribution >= 0.6 is 11.6 Å². The normalized spacial score (nSPS) is 11.8. The summed E-state index contributed by atoms with van der Waals surface area (Å²) in [6, 6.07) is 7.90. The van der Waals surface area contributed by atoms with Crippen LogP contribution in [0.4, 0.5) is 0 Å². The fourth-order valence-corrected chi connectivity index (χ4v) is 1.43. The van der Waals surface area contributed by atoms with E-state index < -0.39 is 0 Å². The average Bonchev–Trinajstić information content (AvgIpc) is 2.20. The summed E-state index contributed by atoms with van der Waals surface area (Å²) in [4.78, 5) is 0. The van der Waals surface area contributed by atoms with E-state index in [2.05, 4.69) is 18.3 Å². The Hall–Kier alpha value is -0.790. The van der Waals surface area contributed by atoms with Crippen LogP contribution in [0.5, 0.6) is 0 Å². The molecule has 0 aliphatic carbocycles. The van der Waals surface area contributed by atoms with E-state index in [9.17, 15) is 0 Å². The molecule has 0 spiro atoms. The molecular formula is C12H16ClN. The summed E-state index contributed by atoms with van der Waals surface area (Å²) in [5.41, 5.74) is 2.61. The molecule has 0 fully saturated rings. The van der Waals surface area contributed by atoms with Crippen molar-refractivity contribution in [3.05, 3.63) is 40.4 Å². The number of likely N-dealkylation sites (N-methyl/N-ethyl adjacent to an activating group) is 1. The van der Waals surface area contributed by atoms with Crippen molar-refractivity contribution in [2.24, 2.45) is 0 Å². The standard InChI is InChI=1S/C12H16ClN/c1-3-10(9-14-2)8-11-4-6-12(13)7-5-11/h4-8,14H,3,9H2,1-2H3. The van der Waals surface area contributed by atoms with Gasteiger partial charge in [0.05, 0.1) is 0 Å². The quantitative estimate of drug-likeness (QED) is 0.802. The second-order valence-electron chi connectivity index (χ2n) is 3.24. The first kappa shape index (κ1) is 11.3. The van der Waals surface area contributed by atoms with Gasteiger partial charge in [-0.05, 0) is 31.2 Å². The summed E-state index contributed by atoms with van der Waals surface area (Å²) in [6.45, 7) is 3.11. The first-order valence-electron chi connectivity index (χ1n) is 4.86. The molecule has 14 heavy (non-hydrogen) atoms. The van der Waals surface area contributed by atoms with Crippen LogP contribution in [-0.4, -0.2) is 13.6 Å². The first-order valence-corrected chi connectivity index (χ1v) is 5.23. The van der Waals surface area contributed by atoms with Crippen LogP contribution in [0.3, 0.4) is 0 Å². The van der Waals surface area contributed by atoms with Crippen LogP contribution in [0.25, 0.3) is 6.08 Å². The maximum absolute atomic E-state index is 5.81. The van der Waals surface area contributed by atoms with Gasteiger partial charge in [-0.15, -0.1) is 0 Å². The molecule has 0 saturated carbocycles. The molecule has 0 aliphatic rings. The van der Waals surface area contributed by atoms with Gasteiger partial charge in [0.25, 0.3) is 0 Å². The molecule has 0 bridgehead atoms. The van der Waals surface area contributed by atoms with Crippen molar-refractivity contribution in [1.29, 1.82) is 0 Å². The summed E-state index contributed by atoms with van der Waals surface area (Å²) in [7, 11) is 1.96. The lowest BCUT2D eigenvalue weighted by Crippen LogP contribution is -2.09. The first-order chi connectivity index (χ1) is 6.76. The van der Waals surface area contributed by atoms with E-state index in [1.165, 1.54) is 11.1 Å². The van der Waals surface area contributed by atoms with Gasteiger partial charge in [-0.2, -0.15) is 0 Å². The van der Waals surface area contributed by atoms with Gasteiger partial charge in [0.2, 0.25) is 0 Å². The van der Waals surface area contributed by atoms with Gasteiger partial charge in [0.1, 0.15) is 0 Å². The van der Waals surface area contributed by atoms with Gasteiger partial charge in [-0.25, -0.2) is 0 Å². The number of benzene rings is 1. The second kappa shape index (κ2) is 5.84. The predicted octanol–water partition coefficient (Wildman–Crippen LogP) is 3.35. The third-order valence-electron chi connectivity index (χ3n) is 2.10. The molecule has 0 heterocycles. The minimum Gasteiger partial charge on any atom is -0.316 e. The van der Waals surface area contributed by atoms with Crippen LogP contribution in [0.2, 0.25) is 5.02 Å². The van der Waals surface area contributed by atoms with E-state index in [0.29, 0.717) is 0 Å². The zero-order valence-corrected chi connectivity index (χ0v) is 9.43. The Bertz CT molecular complexity index is 301. The van der Waals surface area contributed by atoms with Crippen molar-refractivity contribution in [3.63, 3.8) is 0 Å². The third kappa shape index (κ3) is 3.52. The number of nitrogens with one attached hydrogen (secondary N) is 1. The highest BCUT2D eigenvalue weighted by Gasteiger charge is 1.94. The monoisotopic (exact) mass is 209 g/mol. The molecule has 0 saturated heterocycles. The van der Waals surface area contributed by atoms with Gasteiger partial charge < -0.3 is 5.32 Å². The predicted molar refractivity (Wildman–Crippen MR) is 63.6 cm³/mol. The highest BCUT2D eigenvalue weighted by Crippen LogP contribution is 2.13. The van der Waals surface area contributed by atoms with E-state index >= 15 is 0 Å². The van der Waals surface area contributed by atoms with Gasteiger partial charge in [0, 0.05) is 11.6 Å². The van der Waals surface area contributed by atoms with E-state index in [-0.39, 0.29) is 0 Å². The van der Waals surface area contributed by atoms with Crippen LogP contribution in [0, 0.1) is 0 Å². The highest BCUT2D eigenvalue weighted by molar-refractivity contribution is 6.30. The lowest BCUT2D eigenvalue weighted by Gasteiger charge is -2.03. The lowest BCUT2D eigenvalue weighted by molar-refractivity contribution is 0.851. The van der Waals surface area contributed by atoms with Crippen molar-refractivity contribution in [1.82, 2.24) is 5.32 Å². The Morgan fingerprint density at radius 1 is 1.36 bits per heavy atom. The fraction of sp³-hybridized carbons (Fsp3) is 0.333. The van der Waals surface area contributed by atoms with Crippen molar-refractivity contribution in [2.45, 2.75) is 13.3 Å². The van der Waals surface area contributed by atoms with Crippen molar-refractivity contribution < 1.29 is 0 Å². The highest BCUT2D eigenvalue weighted by atomic mass is 35.5. The molecule has 1 aromatic carbocycles. The van der Waals surface area contributed by atoms with Gasteiger partial charge in [-0.3, -0.25) is 0 Å². The van der Waals surface area contributed by atoms with Crippen molar-refractivity contribution in [2.75, 3.05) is 13.6 Å². The minimum absolute atomic E-state index is 0.786. The molecule has 0 aliphatic heterocycles. The van der Waals surface area contributed by atoms with Crippen molar-refractivity contribution >= 4 is 17.7 Å². The largest absolute Gasteiger partial charge is 0.316 e. The fourth-order valence-electron chi connectivity index (χ4n) is 1.30. The summed E-state index contributed by atoms with van der Waals surface area (Å²) in [5.74, 6) is 0. The Morgan fingerprint density at radius 2 is 2.00 bits per heavy atom. The van der Waals surface area contributed by atoms with E-state index in [0.717, 1.165) is 18.0 Å². The van der Waals surface area contributed by atoms with Gasteiger partial charge >= 0.3 is 0 Å². The molecule has 1 N–H and O–H groups in total. The van der Waals surface area contributed by atoms with E-state index in [1.54, 1.807) is 0 Å². The number of rotatable bonds is 4. The Labute approximate surface area is 90.8 Å². The minimum atomic E-state index is 0.786. The third-order valence-corrected chi connectivity index (χ3v) is 2.35. The molecule has 0 aromatic heterocycles. The smallest absolute Gasteiger partial charge is 0.0406 e. The molecule has 0 radical (unpaired) electrons. The average molecular weight is 210 g/mol. The zero-order chi connectivity index (χ0) is 10.4. The molecule has 1 aromatic rings. The Balaban J connectivity index is 2.78. The van der Waals surface area contributed by atoms with Crippen LogP contribution in [0.15, 0.2) is 29.8 Å².